The first kappa shape index (κ1) is 16.6. The molecule has 1 heteroatoms. The highest BCUT2D eigenvalue weighted by Gasteiger charge is 2.18. The van der Waals surface area contributed by atoms with E-state index in [2.05, 4.69) is 87.5 Å². The lowest BCUT2D eigenvalue weighted by Crippen LogP contribution is -2.10. The molecule has 0 fully saturated rings. The van der Waals surface area contributed by atoms with E-state index >= 15 is 0 Å². The quantitative estimate of drug-likeness (QED) is 0.264. The molecule has 1 nitrogen and oxygen atoms in total. The lowest BCUT2D eigenvalue weighted by atomic mass is 9.83. The molecule has 0 spiro atoms. The number of rotatable bonds is 1. The van der Waals surface area contributed by atoms with E-state index in [0.29, 0.717) is 0 Å². The minimum absolute atomic E-state index is 0.129. The van der Waals surface area contributed by atoms with Crippen LogP contribution >= 0.6 is 0 Å². The molecule has 0 bridgehead atoms. The number of hydrogen-bond donors (Lipinski definition) is 0. The van der Waals surface area contributed by atoms with Gasteiger partial charge < -0.3 is 4.42 Å². The van der Waals surface area contributed by atoms with Crippen LogP contribution in [0.5, 0.6) is 0 Å². The van der Waals surface area contributed by atoms with Gasteiger partial charge in [0, 0.05) is 10.9 Å². The van der Waals surface area contributed by atoms with Crippen molar-refractivity contribution >= 4 is 43.3 Å². The molecule has 0 aliphatic heterocycles. The molecule has 0 aliphatic rings. The first-order chi connectivity index (χ1) is 14.0. The fourth-order valence-electron chi connectivity index (χ4n) is 4.58. The molecule has 1 aromatic heterocycles. The Morgan fingerprint density at radius 1 is 0.621 bits per heavy atom. The van der Waals surface area contributed by atoms with Crippen LogP contribution in [0.4, 0.5) is 0 Å². The number of hydrogen-bond acceptors (Lipinski definition) is 1. The van der Waals surface area contributed by atoms with Crippen molar-refractivity contribution in [1.29, 1.82) is 0 Å². The van der Waals surface area contributed by atoms with Crippen molar-refractivity contribution in [2.24, 2.45) is 0 Å². The standard InChI is InChI=1S/C28H22O/c1-28(2,3)21-14-19-9-8-17-10-12-22(23-13-11-20(15-21)26(19)27(17)23)25-16-18-6-4-5-7-24(18)29-25/h4-16H,1-3H3. The topological polar surface area (TPSA) is 13.1 Å². The first-order valence-electron chi connectivity index (χ1n) is 10.2. The van der Waals surface area contributed by atoms with Crippen LogP contribution in [0.3, 0.4) is 0 Å². The van der Waals surface area contributed by atoms with Gasteiger partial charge in [0.1, 0.15) is 11.3 Å². The fraction of sp³-hybridized carbons (Fsp3) is 0.143. The van der Waals surface area contributed by atoms with E-state index in [1.807, 2.05) is 12.1 Å². The highest BCUT2D eigenvalue weighted by atomic mass is 16.3. The van der Waals surface area contributed by atoms with Crippen molar-refractivity contribution < 1.29 is 4.42 Å². The summed E-state index contributed by atoms with van der Waals surface area (Å²) < 4.78 is 6.21. The fourth-order valence-corrected chi connectivity index (χ4v) is 4.58. The lowest BCUT2D eigenvalue weighted by Gasteiger charge is -2.21. The SMILES string of the molecule is CC(C)(C)c1cc2ccc3ccc(-c4cc5ccccc5o4)c4ccc(c1)c2c34. The lowest BCUT2D eigenvalue weighted by molar-refractivity contribution is 0.591. The Balaban J connectivity index is 1.71. The Labute approximate surface area is 169 Å². The third-order valence-corrected chi connectivity index (χ3v) is 6.16. The highest BCUT2D eigenvalue weighted by molar-refractivity contribution is 6.25. The second kappa shape index (κ2) is 5.61. The summed E-state index contributed by atoms with van der Waals surface area (Å²) in [6, 6.07) is 28.5. The second-order valence-electron chi connectivity index (χ2n) is 9.09. The molecular weight excluding hydrogens is 352 g/mol. The molecule has 5 aromatic carbocycles. The second-order valence-corrected chi connectivity index (χ2v) is 9.09. The summed E-state index contributed by atoms with van der Waals surface area (Å²) in [7, 11) is 0. The number of furan rings is 1. The number of para-hydroxylation sites is 1. The molecule has 0 saturated carbocycles. The Bertz CT molecular complexity index is 1470. The molecule has 0 atom stereocenters. The number of benzene rings is 5. The van der Waals surface area contributed by atoms with Crippen molar-refractivity contribution in [3.05, 3.63) is 84.4 Å². The summed E-state index contributed by atoms with van der Waals surface area (Å²) >= 11 is 0. The van der Waals surface area contributed by atoms with Gasteiger partial charge in [-0.15, -0.1) is 0 Å². The molecule has 1 heterocycles. The molecule has 140 valence electrons. The maximum Gasteiger partial charge on any atom is 0.136 e. The molecular formula is C28H22O. The van der Waals surface area contributed by atoms with E-state index in [-0.39, 0.29) is 5.41 Å². The van der Waals surface area contributed by atoms with Crippen LogP contribution in [-0.2, 0) is 5.41 Å². The average Bonchev–Trinajstić information content (AvgIpc) is 3.15. The van der Waals surface area contributed by atoms with E-state index in [1.165, 1.54) is 37.9 Å². The van der Waals surface area contributed by atoms with Crippen LogP contribution in [-0.4, -0.2) is 0 Å². The molecule has 0 aliphatic carbocycles. The van der Waals surface area contributed by atoms with Gasteiger partial charge >= 0.3 is 0 Å². The summed E-state index contributed by atoms with van der Waals surface area (Å²) in [5.41, 5.74) is 3.59. The van der Waals surface area contributed by atoms with Crippen molar-refractivity contribution in [2.45, 2.75) is 26.2 Å². The molecule has 0 amide bonds. The summed E-state index contributed by atoms with van der Waals surface area (Å²) in [4.78, 5) is 0. The third kappa shape index (κ3) is 2.40. The molecule has 29 heavy (non-hydrogen) atoms. The Hall–Kier alpha value is -3.32. The van der Waals surface area contributed by atoms with E-state index < -0.39 is 0 Å². The van der Waals surface area contributed by atoms with Gasteiger partial charge in [-0.1, -0.05) is 81.4 Å². The van der Waals surface area contributed by atoms with Gasteiger partial charge in [0.15, 0.2) is 0 Å². The zero-order valence-electron chi connectivity index (χ0n) is 16.9. The maximum absolute atomic E-state index is 6.21. The van der Waals surface area contributed by atoms with Crippen LogP contribution in [0.15, 0.2) is 83.3 Å². The van der Waals surface area contributed by atoms with Crippen LogP contribution in [0.1, 0.15) is 26.3 Å². The smallest absolute Gasteiger partial charge is 0.136 e. The largest absolute Gasteiger partial charge is 0.456 e. The van der Waals surface area contributed by atoms with E-state index in [0.717, 1.165) is 22.3 Å². The Kier molecular flexibility index (Phi) is 3.21. The van der Waals surface area contributed by atoms with Gasteiger partial charge in [-0.2, -0.15) is 0 Å². The monoisotopic (exact) mass is 374 g/mol. The van der Waals surface area contributed by atoms with E-state index in [1.54, 1.807) is 0 Å². The average molecular weight is 374 g/mol. The summed E-state index contributed by atoms with van der Waals surface area (Å²) in [5, 5.41) is 8.98. The third-order valence-electron chi connectivity index (χ3n) is 6.16. The van der Waals surface area contributed by atoms with Crippen molar-refractivity contribution in [2.75, 3.05) is 0 Å². The Morgan fingerprint density at radius 2 is 1.31 bits per heavy atom. The Morgan fingerprint density at radius 3 is 2.07 bits per heavy atom. The normalized spacial score (nSPS) is 12.7. The van der Waals surface area contributed by atoms with Crippen molar-refractivity contribution in [1.82, 2.24) is 0 Å². The van der Waals surface area contributed by atoms with Crippen molar-refractivity contribution in [3.63, 3.8) is 0 Å². The molecule has 0 radical (unpaired) electrons. The highest BCUT2D eigenvalue weighted by Crippen LogP contribution is 2.41. The van der Waals surface area contributed by atoms with Gasteiger partial charge in [-0.25, -0.2) is 0 Å². The van der Waals surface area contributed by atoms with Gasteiger partial charge in [0.2, 0.25) is 0 Å². The first-order valence-corrected chi connectivity index (χ1v) is 10.2. The maximum atomic E-state index is 6.21. The molecule has 6 rings (SSSR count). The predicted molar refractivity (Wildman–Crippen MR) is 124 cm³/mol. The van der Waals surface area contributed by atoms with E-state index in [4.69, 9.17) is 4.42 Å². The van der Waals surface area contributed by atoms with Gasteiger partial charge in [0.05, 0.1) is 0 Å². The van der Waals surface area contributed by atoms with Crippen LogP contribution in [0.25, 0.3) is 54.6 Å². The zero-order valence-corrected chi connectivity index (χ0v) is 16.9. The van der Waals surface area contributed by atoms with Crippen LogP contribution < -0.4 is 0 Å². The summed E-state index contributed by atoms with van der Waals surface area (Å²) in [6.07, 6.45) is 0. The predicted octanol–water partition coefficient (Wildman–Crippen LogP) is 8.29. The minimum atomic E-state index is 0.129. The van der Waals surface area contributed by atoms with Crippen LogP contribution in [0.2, 0.25) is 0 Å². The molecule has 0 unspecified atom stereocenters. The summed E-state index contributed by atoms with van der Waals surface area (Å²) in [5.74, 6) is 0.930. The molecule has 0 saturated heterocycles. The molecule has 0 N–H and O–H groups in total. The van der Waals surface area contributed by atoms with Gasteiger partial charge in [-0.3, -0.25) is 0 Å². The zero-order chi connectivity index (χ0) is 19.8. The van der Waals surface area contributed by atoms with Gasteiger partial charge in [-0.05, 0) is 61.5 Å². The molecule has 6 aromatic rings. The van der Waals surface area contributed by atoms with Crippen molar-refractivity contribution in [3.8, 4) is 11.3 Å². The minimum Gasteiger partial charge on any atom is -0.456 e. The van der Waals surface area contributed by atoms with Crippen LogP contribution in [0, 0.1) is 0 Å². The van der Waals surface area contributed by atoms with E-state index in [9.17, 15) is 0 Å². The number of fused-ring (bicyclic) bond motifs is 1. The van der Waals surface area contributed by atoms with Gasteiger partial charge in [0.25, 0.3) is 0 Å². The summed E-state index contributed by atoms with van der Waals surface area (Å²) in [6.45, 7) is 6.83.